The Morgan fingerprint density at radius 2 is 2.12 bits per heavy atom. The molecule has 1 aliphatic carbocycles. The minimum atomic E-state index is 0.578. The SMILES string of the molecule is c1ccc2c(c1)COc1c(C3CC3)nnn1-2. The first-order valence-electron chi connectivity index (χ1n) is 5.60. The molecule has 0 unspecified atom stereocenters. The van der Waals surface area contributed by atoms with Crippen LogP contribution in [0.25, 0.3) is 5.69 Å². The zero-order valence-corrected chi connectivity index (χ0v) is 8.76. The van der Waals surface area contributed by atoms with Gasteiger partial charge in [-0.3, -0.25) is 0 Å². The highest BCUT2D eigenvalue weighted by Gasteiger charge is 2.33. The number of benzene rings is 1. The summed E-state index contributed by atoms with van der Waals surface area (Å²) in [6.07, 6.45) is 2.44. The minimum absolute atomic E-state index is 0.578. The third-order valence-electron chi connectivity index (χ3n) is 3.20. The number of rotatable bonds is 1. The highest BCUT2D eigenvalue weighted by Crippen LogP contribution is 2.44. The minimum Gasteiger partial charge on any atom is -0.471 e. The smallest absolute Gasteiger partial charge is 0.241 e. The molecule has 4 nitrogen and oxygen atoms in total. The molecule has 1 aromatic carbocycles. The summed E-state index contributed by atoms with van der Waals surface area (Å²) >= 11 is 0. The summed E-state index contributed by atoms with van der Waals surface area (Å²) in [5, 5.41) is 8.45. The number of aromatic nitrogens is 3. The van der Waals surface area contributed by atoms with Gasteiger partial charge >= 0.3 is 0 Å². The van der Waals surface area contributed by atoms with E-state index in [9.17, 15) is 0 Å². The maximum Gasteiger partial charge on any atom is 0.241 e. The van der Waals surface area contributed by atoms with Gasteiger partial charge in [0.25, 0.3) is 0 Å². The van der Waals surface area contributed by atoms with Crippen LogP contribution in [0.15, 0.2) is 24.3 Å². The van der Waals surface area contributed by atoms with Crippen LogP contribution in [0.2, 0.25) is 0 Å². The molecule has 0 radical (unpaired) electrons. The zero-order valence-electron chi connectivity index (χ0n) is 8.76. The van der Waals surface area contributed by atoms with E-state index in [0.29, 0.717) is 12.5 Å². The maximum atomic E-state index is 5.76. The lowest BCUT2D eigenvalue weighted by molar-refractivity contribution is 0.268. The first kappa shape index (κ1) is 8.33. The van der Waals surface area contributed by atoms with Crippen LogP contribution in [0.4, 0.5) is 0 Å². The molecule has 1 fully saturated rings. The van der Waals surface area contributed by atoms with Gasteiger partial charge in [0.05, 0.1) is 5.69 Å². The molecule has 0 saturated heterocycles. The Balaban J connectivity index is 1.92. The lowest BCUT2D eigenvalue weighted by Gasteiger charge is -2.18. The fourth-order valence-corrected chi connectivity index (χ4v) is 2.18. The quantitative estimate of drug-likeness (QED) is 0.727. The average Bonchev–Trinajstić information content (AvgIpc) is 3.08. The molecule has 0 spiro atoms. The van der Waals surface area contributed by atoms with Crippen LogP contribution >= 0.6 is 0 Å². The highest BCUT2D eigenvalue weighted by molar-refractivity contribution is 5.46. The molecule has 1 saturated carbocycles. The number of fused-ring (bicyclic) bond motifs is 3. The third kappa shape index (κ3) is 1.04. The molecule has 2 aliphatic rings. The highest BCUT2D eigenvalue weighted by atomic mass is 16.5. The van der Waals surface area contributed by atoms with Crippen molar-refractivity contribution in [2.75, 3.05) is 0 Å². The van der Waals surface area contributed by atoms with Crippen molar-refractivity contribution in [3.63, 3.8) is 0 Å². The average molecular weight is 213 g/mol. The number of para-hydroxylation sites is 1. The second-order valence-corrected chi connectivity index (χ2v) is 4.38. The van der Waals surface area contributed by atoms with Gasteiger partial charge < -0.3 is 4.74 Å². The molecule has 0 bridgehead atoms. The van der Waals surface area contributed by atoms with Crippen LogP contribution in [-0.2, 0) is 6.61 Å². The predicted octanol–water partition coefficient (Wildman–Crippen LogP) is 2.04. The second kappa shape index (κ2) is 2.84. The van der Waals surface area contributed by atoms with E-state index in [1.165, 1.54) is 18.4 Å². The van der Waals surface area contributed by atoms with Crippen molar-refractivity contribution >= 4 is 0 Å². The second-order valence-electron chi connectivity index (χ2n) is 4.38. The molecule has 4 rings (SSSR count). The molecule has 2 heterocycles. The van der Waals surface area contributed by atoms with E-state index >= 15 is 0 Å². The molecule has 0 amide bonds. The van der Waals surface area contributed by atoms with E-state index in [0.717, 1.165) is 17.3 Å². The maximum absolute atomic E-state index is 5.76. The molecule has 1 aliphatic heterocycles. The Morgan fingerprint density at radius 3 is 3.00 bits per heavy atom. The summed E-state index contributed by atoms with van der Waals surface area (Å²) in [6.45, 7) is 0.628. The zero-order chi connectivity index (χ0) is 10.5. The molecule has 80 valence electrons. The van der Waals surface area contributed by atoms with Gasteiger partial charge in [-0.15, -0.1) is 5.10 Å². The first-order valence-corrected chi connectivity index (χ1v) is 5.60. The normalized spacial score (nSPS) is 17.5. The molecule has 1 aromatic heterocycles. The van der Waals surface area contributed by atoms with Crippen LogP contribution in [-0.4, -0.2) is 15.0 Å². The van der Waals surface area contributed by atoms with Crippen LogP contribution < -0.4 is 4.74 Å². The first-order chi connectivity index (χ1) is 7.93. The monoisotopic (exact) mass is 213 g/mol. The lowest BCUT2D eigenvalue weighted by Crippen LogP contribution is -2.13. The van der Waals surface area contributed by atoms with Crippen molar-refractivity contribution in [1.82, 2.24) is 15.0 Å². The van der Waals surface area contributed by atoms with Gasteiger partial charge in [-0.2, -0.15) is 4.68 Å². The van der Waals surface area contributed by atoms with Crippen molar-refractivity contribution in [1.29, 1.82) is 0 Å². The van der Waals surface area contributed by atoms with Gasteiger partial charge in [0, 0.05) is 11.5 Å². The fraction of sp³-hybridized carbons (Fsp3) is 0.333. The van der Waals surface area contributed by atoms with Crippen molar-refractivity contribution in [2.24, 2.45) is 0 Å². The van der Waals surface area contributed by atoms with E-state index in [2.05, 4.69) is 22.4 Å². The van der Waals surface area contributed by atoms with E-state index in [1.54, 1.807) is 0 Å². The Kier molecular flexibility index (Phi) is 1.48. The predicted molar refractivity (Wildman–Crippen MR) is 57.7 cm³/mol. The molecule has 0 N–H and O–H groups in total. The van der Waals surface area contributed by atoms with E-state index in [-0.39, 0.29) is 0 Å². The van der Waals surface area contributed by atoms with Gasteiger partial charge in [0.2, 0.25) is 5.88 Å². The summed E-state index contributed by atoms with van der Waals surface area (Å²) in [6, 6.07) is 8.17. The van der Waals surface area contributed by atoms with Crippen molar-refractivity contribution in [2.45, 2.75) is 25.4 Å². The van der Waals surface area contributed by atoms with Crippen molar-refractivity contribution in [3.8, 4) is 11.6 Å². The number of ether oxygens (including phenoxy) is 1. The van der Waals surface area contributed by atoms with Gasteiger partial charge in [0.15, 0.2) is 0 Å². The number of hydrogen-bond donors (Lipinski definition) is 0. The summed E-state index contributed by atoms with van der Waals surface area (Å²) in [5.74, 6) is 1.43. The third-order valence-corrected chi connectivity index (χ3v) is 3.20. The Bertz CT molecular complexity index is 557. The molecule has 0 atom stereocenters. The Hall–Kier alpha value is -1.84. The number of hydrogen-bond acceptors (Lipinski definition) is 3. The van der Waals surface area contributed by atoms with Gasteiger partial charge in [-0.05, 0) is 18.9 Å². The summed E-state index contributed by atoms with van der Waals surface area (Å²) in [4.78, 5) is 0. The topological polar surface area (TPSA) is 39.9 Å². The fourth-order valence-electron chi connectivity index (χ4n) is 2.18. The van der Waals surface area contributed by atoms with E-state index in [4.69, 9.17) is 4.74 Å². The van der Waals surface area contributed by atoms with Crippen LogP contribution in [0.3, 0.4) is 0 Å². The Morgan fingerprint density at radius 1 is 1.25 bits per heavy atom. The van der Waals surface area contributed by atoms with Gasteiger partial charge in [-0.25, -0.2) is 0 Å². The molecular formula is C12H11N3O. The molecule has 4 heteroatoms. The summed E-state index contributed by atoms with van der Waals surface area (Å²) < 4.78 is 7.59. The van der Waals surface area contributed by atoms with Crippen molar-refractivity contribution < 1.29 is 4.74 Å². The number of nitrogens with zero attached hydrogens (tertiary/aromatic N) is 3. The Labute approximate surface area is 92.8 Å². The summed E-state index contributed by atoms with van der Waals surface area (Å²) in [7, 11) is 0. The standard InChI is InChI=1S/C12H11N3O/c1-2-4-10-9(3-1)7-16-12-11(8-5-6-8)13-14-15(10)12/h1-4,8H,5-7H2. The van der Waals surface area contributed by atoms with Crippen molar-refractivity contribution in [3.05, 3.63) is 35.5 Å². The van der Waals surface area contributed by atoms with Crippen LogP contribution in [0.5, 0.6) is 5.88 Å². The van der Waals surface area contributed by atoms with E-state index < -0.39 is 0 Å². The van der Waals surface area contributed by atoms with E-state index in [1.807, 2.05) is 16.8 Å². The summed E-state index contributed by atoms with van der Waals surface area (Å²) in [5.41, 5.74) is 3.31. The molecule has 16 heavy (non-hydrogen) atoms. The van der Waals surface area contributed by atoms with Crippen LogP contribution in [0.1, 0.15) is 30.0 Å². The van der Waals surface area contributed by atoms with Gasteiger partial charge in [-0.1, -0.05) is 23.4 Å². The molecular weight excluding hydrogens is 202 g/mol. The van der Waals surface area contributed by atoms with Gasteiger partial charge in [0.1, 0.15) is 12.3 Å². The molecule has 2 aromatic rings. The van der Waals surface area contributed by atoms with Crippen LogP contribution in [0, 0.1) is 0 Å². The lowest BCUT2D eigenvalue weighted by atomic mass is 10.1. The largest absolute Gasteiger partial charge is 0.471 e.